The molecule has 0 aliphatic rings. The van der Waals surface area contributed by atoms with Gasteiger partial charge in [-0.15, -0.1) is 0 Å². The third kappa shape index (κ3) is 4.30. The summed E-state index contributed by atoms with van der Waals surface area (Å²) in [5.74, 6) is -0.866. The SMILES string of the molecule is O=C(Nc1nc(-c2ccc(C(F)(F)F)cc2)co1)c1ccc(C(F)(F)F)cn1. The zero-order valence-corrected chi connectivity index (χ0v) is 13.6. The van der Waals surface area contributed by atoms with Gasteiger partial charge in [-0.05, 0) is 24.3 Å². The molecule has 0 atom stereocenters. The fourth-order valence-electron chi connectivity index (χ4n) is 2.15. The smallest absolute Gasteiger partial charge is 0.417 e. The maximum absolute atomic E-state index is 12.6. The number of carbonyl (C=O) groups excluding carboxylic acids is 1. The van der Waals surface area contributed by atoms with Gasteiger partial charge in [-0.25, -0.2) is 0 Å². The number of hydrogen-bond acceptors (Lipinski definition) is 4. The van der Waals surface area contributed by atoms with E-state index in [-0.39, 0.29) is 17.4 Å². The molecule has 3 rings (SSSR count). The van der Waals surface area contributed by atoms with Crippen molar-refractivity contribution in [3.63, 3.8) is 0 Å². The fraction of sp³-hybridized carbons (Fsp3) is 0.118. The van der Waals surface area contributed by atoms with E-state index in [1.165, 1.54) is 12.1 Å². The van der Waals surface area contributed by atoms with Gasteiger partial charge >= 0.3 is 18.4 Å². The quantitative estimate of drug-likeness (QED) is 0.626. The highest BCUT2D eigenvalue weighted by atomic mass is 19.4. The van der Waals surface area contributed by atoms with E-state index in [1.807, 2.05) is 0 Å². The minimum atomic E-state index is -4.58. The molecule has 11 heteroatoms. The van der Waals surface area contributed by atoms with E-state index < -0.39 is 29.4 Å². The molecule has 146 valence electrons. The Morgan fingerprint density at radius 2 is 1.50 bits per heavy atom. The van der Waals surface area contributed by atoms with Crippen LogP contribution in [-0.4, -0.2) is 15.9 Å². The van der Waals surface area contributed by atoms with E-state index in [1.54, 1.807) is 0 Å². The topological polar surface area (TPSA) is 68.0 Å². The summed E-state index contributed by atoms with van der Waals surface area (Å²) in [6, 6.07) is 5.40. The van der Waals surface area contributed by atoms with Gasteiger partial charge in [-0.3, -0.25) is 15.1 Å². The second kappa shape index (κ2) is 6.98. The molecule has 1 amide bonds. The lowest BCUT2D eigenvalue weighted by molar-refractivity contribution is -0.138. The summed E-state index contributed by atoms with van der Waals surface area (Å²) in [5, 5.41) is 2.20. The first kappa shape index (κ1) is 19.4. The van der Waals surface area contributed by atoms with Gasteiger partial charge in [-0.2, -0.15) is 31.3 Å². The van der Waals surface area contributed by atoms with Gasteiger partial charge in [0, 0.05) is 11.8 Å². The lowest BCUT2D eigenvalue weighted by Gasteiger charge is -2.06. The molecule has 1 aromatic carbocycles. The number of alkyl halides is 6. The average Bonchev–Trinajstić information content (AvgIpc) is 3.09. The van der Waals surface area contributed by atoms with Gasteiger partial charge in [0.1, 0.15) is 17.7 Å². The summed E-state index contributed by atoms with van der Waals surface area (Å²) < 4.78 is 80.2. The van der Waals surface area contributed by atoms with Gasteiger partial charge in [0.15, 0.2) is 0 Å². The Kier molecular flexibility index (Phi) is 4.84. The molecule has 0 fully saturated rings. The highest BCUT2D eigenvalue weighted by Gasteiger charge is 2.31. The lowest BCUT2D eigenvalue weighted by Crippen LogP contribution is -2.15. The molecule has 0 saturated heterocycles. The van der Waals surface area contributed by atoms with Crippen LogP contribution in [0.3, 0.4) is 0 Å². The molecule has 0 unspecified atom stereocenters. The summed E-state index contributed by atoms with van der Waals surface area (Å²) in [6.07, 6.45) is -7.44. The van der Waals surface area contributed by atoms with E-state index in [0.29, 0.717) is 17.8 Å². The first-order chi connectivity index (χ1) is 13.0. The van der Waals surface area contributed by atoms with Crippen molar-refractivity contribution >= 4 is 11.9 Å². The molecule has 1 N–H and O–H groups in total. The molecule has 0 aliphatic carbocycles. The zero-order valence-electron chi connectivity index (χ0n) is 13.6. The Hall–Kier alpha value is -3.37. The minimum Gasteiger partial charge on any atom is -0.431 e. The number of benzene rings is 1. The summed E-state index contributed by atoms with van der Waals surface area (Å²) in [6.45, 7) is 0. The number of oxazole rings is 1. The predicted molar refractivity (Wildman–Crippen MR) is 84.1 cm³/mol. The first-order valence-corrected chi connectivity index (χ1v) is 7.52. The highest BCUT2D eigenvalue weighted by Crippen LogP contribution is 2.31. The van der Waals surface area contributed by atoms with Crippen molar-refractivity contribution in [3.8, 4) is 11.3 Å². The van der Waals surface area contributed by atoms with Crippen molar-refractivity contribution in [2.24, 2.45) is 0 Å². The number of aromatic nitrogens is 2. The summed E-state index contributed by atoms with van der Waals surface area (Å²) in [4.78, 5) is 19.3. The third-order valence-corrected chi connectivity index (χ3v) is 3.56. The number of halogens is 6. The summed E-state index contributed by atoms with van der Waals surface area (Å²) in [5.41, 5.74) is -1.68. The molecular formula is C17H9F6N3O2. The van der Waals surface area contributed by atoms with Gasteiger partial charge in [0.05, 0.1) is 11.1 Å². The molecule has 2 aromatic heterocycles. The average molecular weight is 401 g/mol. The molecule has 28 heavy (non-hydrogen) atoms. The summed E-state index contributed by atoms with van der Waals surface area (Å²) >= 11 is 0. The number of rotatable bonds is 3. The normalized spacial score (nSPS) is 12.1. The Morgan fingerprint density at radius 3 is 2.04 bits per heavy atom. The monoisotopic (exact) mass is 401 g/mol. The van der Waals surface area contributed by atoms with Crippen LogP contribution in [-0.2, 0) is 12.4 Å². The van der Waals surface area contributed by atoms with Crippen LogP contribution in [0.15, 0.2) is 53.3 Å². The number of carbonyl (C=O) groups is 1. The van der Waals surface area contributed by atoms with Crippen LogP contribution in [0.5, 0.6) is 0 Å². The maximum atomic E-state index is 12.6. The molecule has 0 spiro atoms. The van der Waals surface area contributed by atoms with Crippen LogP contribution in [0, 0.1) is 0 Å². The van der Waals surface area contributed by atoms with Crippen molar-refractivity contribution in [1.82, 2.24) is 9.97 Å². The van der Waals surface area contributed by atoms with E-state index in [9.17, 15) is 31.1 Å². The number of nitrogens with zero attached hydrogens (tertiary/aromatic N) is 2. The van der Waals surface area contributed by atoms with Crippen LogP contribution in [0.2, 0.25) is 0 Å². The molecule has 0 aliphatic heterocycles. The van der Waals surface area contributed by atoms with Crippen molar-refractivity contribution < 1.29 is 35.6 Å². The minimum absolute atomic E-state index is 0.157. The highest BCUT2D eigenvalue weighted by molar-refractivity contribution is 6.01. The number of pyridine rings is 1. The molecule has 0 saturated carbocycles. The fourth-order valence-corrected chi connectivity index (χ4v) is 2.15. The van der Waals surface area contributed by atoms with Crippen LogP contribution in [0.4, 0.5) is 32.4 Å². The van der Waals surface area contributed by atoms with Crippen molar-refractivity contribution in [2.75, 3.05) is 5.32 Å². The van der Waals surface area contributed by atoms with Crippen molar-refractivity contribution in [3.05, 3.63) is 65.7 Å². The Balaban J connectivity index is 1.71. The molecule has 0 radical (unpaired) electrons. The van der Waals surface area contributed by atoms with Gasteiger partial charge < -0.3 is 4.42 Å². The lowest BCUT2D eigenvalue weighted by atomic mass is 10.1. The Morgan fingerprint density at radius 1 is 0.893 bits per heavy atom. The van der Waals surface area contributed by atoms with Crippen LogP contribution in [0.1, 0.15) is 21.6 Å². The Bertz CT molecular complexity index is 976. The molecule has 0 bridgehead atoms. The third-order valence-electron chi connectivity index (χ3n) is 3.56. The van der Waals surface area contributed by atoms with E-state index in [2.05, 4.69) is 15.3 Å². The van der Waals surface area contributed by atoms with Gasteiger partial charge in [0.2, 0.25) is 0 Å². The molecule has 2 heterocycles. The van der Waals surface area contributed by atoms with Crippen LogP contribution in [0.25, 0.3) is 11.3 Å². The van der Waals surface area contributed by atoms with Crippen molar-refractivity contribution in [2.45, 2.75) is 12.4 Å². The number of amides is 1. The standard InChI is InChI=1S/C17H9F6N3O2/c18-16(19,20)10-3-1-9(2-4-10)13-8-28-15(25-13)26-14(27)12-6-5-11(7-24-12)17(21,22)23/h1-8H,(H,25,26,27). The van der Waals surface area contributed by atoms with E-state index >= 15 is 0 Å². The van der Waals surface area contributed by atoms with Gasteiger partial charge in [0.25, 0.3) is 5.91 Å². The largest absolute Gasteiger partial charge is 0.431 e. The number of anilines is 1. The summed E-state index contributed by atoms with van der Waals surface area (Å²) in [7, 11) is 0. The predicted octanol–water partition coefficient (Wildman–Crippen LogP) is 5.03. The van der Waals surface area contributed by atoms with Gasteiger partial charge in [-0.1, -0.05) is 12.1 Å². The zero-order chi connectivity index (χ0) is 20.5. The van der Waals surface area contributed by atoms with Crippen LogP contribution < -0.4 is 5.32 Å². The molecule has 5 nitrogen and oxygen atoms in total. The van der Waals surface area contributed by atoms with E-state index in [4.69, 9.17) is 4.42 Å². The number of nitrogens with one attached hydrogen (secondary N) is 1. The first-order valence-electron chi connectivity index (χ1n) is 7.52. The second-order valence-electron chi connectivity index (χ2n) is 5.50. The Labute approximate surface area is 153 Å². The molecular weight excluding hydrogens is 392 g/mol. The second-order valence-corrected chi connectivity index (χ2v) is 5.50. The maximum Gasteiger partial charge on any atom is 0.417 e. The number of hydrogen-bond donors (Lipinski definition) is 1. The molecule has 3 aromatic rings. The van der Waals surface area contributed by atoms with E-state index in [0.717, 1.165) is 24.5 Å². The van der Waals surface area contributed by atoms with Crippen molar-refractivity contribution in [1.29, 1.82) is 0 Å². The van der Waals surface area contributed by atoms with Crippen LogP contribution >= 0.6 is 0 Å².